The summed E-state index contributed by atoms with van der Waals surface area (Å²) in [6, 6.07) is -0.459. The number of rotatable bonds is 4. The van der Waals surface area contributed by atoms with Crippen molar-refractivity contribution in [3.8, 4) is 0 Å². The number of nitrogens with one attached hydrogen (secondary N) is 2. The molecule has 0 aliphatic carbocycles. The van der Waals surface area contributed by atoms with Crippen LogP contribution in [0.25, 0.3) is 0 Å². The summed E-state index contributed by atoms with van der Waals surface area (Å²) in [6.07, 6.45) is 3.77. The van der Waals surface area contributed by atoms with Gasteiger partial charge in [-0.1, -0.05) is 24.9 Å². The van der Waals surface area contributed by atoms with Crippen molar-refractivity contribution in [1.82, 2.24) is 15.3 Å². The quantitative estimate of drug-likeness (QED) is 0.642. The summed E-state index contributed by atoms with van der Waals surface area (Å²) in [4.78, 5) is 30.9. The Balaban J connectivity index is 2.16. The van der Waals surface area contributed by atoms with Crippen molar-refractivity contribution in [2.75, 3.05) is 5.32 Å². The Kier molecular flexibility index (Phi) is 4.31. The normalized spacial score (nSPS) is 19.2. The largest absolute Gasteiger partial charge is 0.358 e. The molecular weight excluding hydrogens is 268 g/mol. The molecule has 1 unspecified atom stereocenters. The Morgan fingerprint density at radius 3 is 2.95 bits per heavy atom. The van der Waals surface area contributed by atoms with E-state index in [9.17, 15) is 9.59 Å². The average molecular weight is 283 g/mol. The maximum absolute atomic E-state index is 11.7. The van der Waals surface area contributed by atoms with E-state index in [1.54, 1.807) is 0 Å². The number of halogens is 1. The summed E-state index contributed by atoms with van der Waals surface area (Å²) in [5, 5.41) is 5.74. The van der Waals surface area contributed by atoms with Gasteiger partial charge in [-0.05, 0) is 12.8 Å². The zero-order chi connectivity index (χ0) is 13.8. The van der Waals surface area contributed by atoms with Crippen LogP contribution in [0.2, 0.25) is 5.15 Å². The molecule has 1 aromatic heterocycles. The molecule has 0 radical (unpaired) electrons. The third kappa shape index (κ3) is 3.20. The molecule has 6 nitrogen and oxygen atoms in total. The van der Waals surface area contributed by atoms with E-state index < -0.39 is 6.04 Å². The molecule has 0 saturated carbocycles. The van der Waals surface area contributed by atoms with Crippen LogP contribution in [0.3, 0.4) is 0 Å². The van der Waals surface area contributed by atoms with Gasteiger partial charge in [0.25, 0.3) is 0 Å². The highest BCUT2D eigenvalue weighted by Crippen LogP contribution is 2.23. The minimum absolute atomic E-state index is 0.238. The van der Waals surface area contributed by atoms with Crippen molar-refractivity contribution in [3.63, 3.8) is 0 Å². The van der Waals surface area contributed by atoms with Crippen LogP contribution in [0, 0.1) is 0 Å². The van der Waals surface area contributed by atoms with E-state index in [1.807, 2.05) is 6.92 Å². The number of piperidine rings is 1. The van der Waals surface area contributed by atoms with E-state index in [1.165, 1.54) is 6.33 Å². The Hall–Kier alpha value is -1.69. The lowest BCUT2D eigenvalue weighted by molar-refractivity contribution is -0.133. The van der Waals surface area contributed by atoms with Crippen LogP contribution in [0.4, 0.5) is 5.82 Å². The van der Waals surface area contributed by atoms with Crippen LogP contribution in [-0.2, 0) is 16.0 Å². The maximum atomic E-state index is 11.7. The summed E-state index contributed by atoms with van der Waals surface area (Å²) in [7, 11) is 0. The van der Waals surface area contributed by atoms with Crippen LogP contribution >= 0.6 is 11.6 Å². The molecule has 2 amide bonds. The second-order valence-electron chi connectivity index (χ2n) is 4.39. The van der Waals surface area contributed by atoms with Gasteiger partial charge in [-0.3, -0.25) is 14.9 Å². The van der Waals surface area contributed by atoms with Crippen molar-refractivity contribution >= 4 is 29.2 Å². The monoisotopic (exact) mass is 282 g/mol. The number of carbonyl (C=O) groups is 2. The van der Waals surface area contributed by atoms with E-state index in [4.69, 9.17) is 11.6 Å². The molecule has 2 N–H and O–H groups in total. The van der Waals surface area contributed by atoms with Crippen molar-refractivity contribution in [2.45, 2.75) is 38.6 Å². The van der Waals surface area contributed by atoms with Gasteiger partial charge in [-0.25, -0.2) is 9.97 Å². The third-order valence-electron chi connectivity index (χ3n) is 2.94. The highest BCUT2D eigenvalue weighted by molar-refractivity contribution is 6.30. The van der Waals surface area contributed by atoms with Crippen LogP contribution in [0.1, 0.15) is 31.7 Å². The lowest BCUT2D eigenvalue weighted by atomic mass is 10.1. The number of aromatic nitrogens is 2. The van der Waals surface area contributed by atoms with Crippen molar-refractivity contribution in [2.24, 2.45) is 0 Å². The minimum Gasteiger partial charge on any atom is -0.358 e. The molecule has 2 rings (SSSR count). The SMILES string of the molecule is CCCc1c(Cl)ncnc1NC1CCC(=O)NC1=O. The van der Waals surface area contributed by atoms with Gasteiger partial charge in [0.1, 0.15) is 23.3 Å². The van der Waals surface area contributed by atoms with Crippen molar-refractivity contribution < 1.29 is 9.59 Å². The minimum atomic E-state index is -0.459. The molecule has 0 aromatic carbocycles. The fourth-order valence-electron chi connectivity index (χ4n) is 1.98. The van der Waals surface area contributed by atoms with Gasteiger partial charge in [0.05, 0.1) is 0 Å². The molecule has 19 heavy (non-hydrogen) atoms. The Morgan fingerprint density at radius 2 is 2.26 bits per heavy atom. The number of hydrogen-bond acceptors (Lipinski definition) is 5. The fourth-order valence-corrected chi connectivity index (χ4v) is 2.21. The smallest absolute Gasteiger partial charge is 0.249 e. The van der Waals surface area contributed by atoms with Crippen LogP contribution < -0.4 is 10.6 Å². The molecule has 0 spiro atoms. The van der Waals surface area contributed by atoms with Crippen LogP contribution in [0.15, 0.2) is 6.33 Å². The fraction of sp³-hybridized carbons (Fsp3) is 0.500. The number of anilines is 1. The average Bonchev–Trinajstić information content (AvgIpc) is 2.37. The van der Waals surface area contributed by atoms with Crippen LogP contribution in [0.5, 0.6) is 0 Å². The molecule has 1 fully saturated rings. The molecule has 102 valence electrons. The van der Waals surface area contributed by atoms with E-state index in [-0.39, 0.29) is 11.8 Å². The molecule has 1 aliphatic heterocycles. The molecule has 1 aliphatic rings. The summed E-state index contributed by atoms with van der Waals surface area (Å²) in [5.41, 5.74) is 0.802. The van der Waals surface area contributed by atoms with Gasteiger partial charge in [0.15, 0.2) is 0 Å². The Morgan fingerprint density at radius 1 is 1.47 bits per heavy atom. The lowest BCUT2D eigenvalue weighted by Gasteiger charge is -2.23. The lowest BCUT2D eigenvalue weighted by Crippen LogP contribution is -2.47. The summed E-state index contributed by atoms with van der Waals surface area (Å²) >= 11 is 6.04. The van der Waals surface area contributed by atoms with Crippen LogP contribution in [-0.4, -0.2) is 27.8 Å². The summed E-state index contributed by atoms with van der Waals surface area (Å²) < 4.78 is 0. The molecule has 1 atom stereocenters. The highest BCUT2D eigenvalue weighted by Gasteiger charge is 2.27. The Labute approximate surface area is 116 Å². The first-order valence-electron chi connectivity index (χ1n) is 6.21. The Bertz CT molecular complexity index is 507. The zero-order valence-corrected chi connectivity index (χ0v) is 11.3. The molecule has 7 heteroatoms. The zero-order valence-electron chi connectivity index (χ0n) is 10.6. The standard InChI is InChI=1S/C12H15ClN4O2/c1-2-3-7-10(13)14-6-15-11(7)16-8-4-5-9(18)17-12(8)19/h6,8H,2-5H2,1H3,(H,14,15,16)(H,17,18,19). The second-order valence-corrected chi connectivity index (χ2v) is 4.75. The number of carbonyl (C=O) groups excluding carboxylic acids is 2. The van der Waals surface area contributed by atoms with Gasteiger partial charge in [0, 0.05) is 12.0 Å². The van der Waals surface area contributed by atoms with Crippen molar-refractivity contribution in [1.29, 1.82) is 0 Å². The van der Waals surface area contributed by atoms with Gasteiger partial charge < -0.3 is 5.32 Å². The summed E-state index contributed by atoms with van der Waals surface area (Å²) in [6.45, 7) is 2.03. The molecule has 1 aromatic rings. The summed E-state index contributed by atoms with van der Waals surface area (Å²) in [5.74, 6) is 0.00216. The third-order valence-corrected chi connectivity index (χ3v) is 3.27. The molecule has 1 saturated heterocycles. The second kappa shape index (κ2) is 5.97. The highest BCUT2D eigenvalue weighted by atomic mass is 35.5. The maximum Gasteiger partial charge on any atom is 0.249 e. The van der Waals surface area contributed by atoms with Crippen molar-refractivity contribution in [3.05, 3.63) is 17.0 Å². The topological polar surface area (TPSA) is 84.0 Å². The first-order valence-corrected chi connectivity index (χ1v) is 6.59. The van der Waals surface area contributed by atoms with Gasteiger partial charge in [-0.15, -0.1) is 0 Å². The first-order chi connectivity index (χ1) is 9.11. The predicted molar refractivity (Wildman–Crippen MR) is 70.8 cm³/mol. The van der Waals surface area contributed by atoms with Gasteiger partial charge in [0.2, 0.25) is 11.8 Å². The van der Waals surface area contributed by atoms with E-state index >= 15 is 0 Å². The first kappa shape index (κ1) is 13.7. The number of imide groups is 1. The van der Waals surface area contributed by atoms with E-state index in [0.29, 0.717) is 23.8 Å². The number of amides is 2. The molecule has 0 bridgehead atoms. The number of nitrogens with zero attached hydrogens (tertiary/aromatic N) is 2. The van der Waals surface area contributed by atoms with E-state index in [2.05, 4.69) is 20.6 Å². The molecule has 2 heterocycles. The molecular formula is C12H15ClN4O2. The van der Waals surface area contributed by atoms with Gasteiger partial charge >= 0.3 is 0 Å². The predicted octanol–water partition coefficient (Wildman–Crippen LogP) is 1.30. The number of hydrogen-bond donors (Lipinski definition) is 2. The van der Waals surface area contributed by atoms with Gasteiger partial charge in [-0.2, -0.15) is 0 Å². The van der Waals surface area contributed by atoms with E-state index in [0.717, 1.165) is 18.4 Å².